The Labute approximate surface area is 182 Å². The molecule has 3 rings (SSSR count). The lowest BCUT2D eigenvalue weighted by Gasteiger charge is -2.15. The van der Waals surface area contributed by atoms with Crippen LogP contribution < -0.4 is 14.9 Å². The highest BCUT2D eigenvalue weighted by Gasteiger charge is 2.21. The topological polar surface area (TPSA) is 95.6 Å². The van der Waals surface area contributed by atoms with Crippen molar-refractivity contribution in [1.82, 2.24) is 4.72 Å². The maximum atomic E-state index is 12.2. The molecule has 0 atom stereocenters. The first kappa shape index (κ1) is 22.5. The molecule has 0 saturated carbocycles. The van der Waals surface area contributed by atoms with Gasteiger partial charge in [0, 0.05) is 37.0 Å². The second-order valence-corrected chi connectivity index (χ2v) is 8.96. The van der Waals surface area contributed by atoms with Crippen molar-refractivity contribution in [2.24, 2.45) is 0 Å². The Morgan fingerprint density at radius 1 is 1.10 bits per heavy atom. The molecule has 0 aliphatic carbocycles. The van der Waals surface area contributed by atoms with E-state index in [0.29, 0.717) is 17.7 Å². The van der Waals surface area contributed by atoms with E-state index in [1.807, 2.05) is 24.3 Å². The van der Waals surface area contributed by atoms with Crippen molar-refractivity contribution in [3.05, 3.63) is 78.4 Å². The second-order valence-electron chi connectivity index (χ2n) is 7.16. The lowest BCUT2D eigenvalue weighted by atomic mass is 10.2. The standard InChI is InChI=1S/C23H25N3O4S/c1-2-15-24-31(29,30)17-19-5-10-20(11-6-19)25-22(27)14-9-18-7-12-21(13-8-18)26-16-3-4-23(26)28/h2,5-14,24H,1,3-4,15-17H2,(H,25,27)/b14-9+. The van der Waals surface area contributed by atoms with E-state index in [9.17, 15) is 18.0 Å². The number of nitrogens with zero attached hydrogens (tertiary/aromatic N) is 1. The van der Waals surface area contributed by atoms with Crippen LogP contribution in [0.15, 0.2) is 67.3 Å². The molecule has 0 spiro atoms. The third-order valence-corrected chi connectivity index (χ3v) is 6.05. The summed E-state index contributed by atoms with van der Waals surface area (Å²) in [6, 6.07) is 14.1. The Bertz CT molecular complexity index is 1070. The van der Waals surface area contributed by atoms with Gasteiger partial charge in [-0.25, -0.2) is 13.1 Å². The van der Waals surface area contributed by atoms with Gasteiger partial charge in [0.1, 0.15) is 0 Å². The minimum Gasteiger partial charge on any atom is -0.323 e. The Morgan fingerprint density at radius 2 is 1.81 bits per heavy atom. The zero-order chi connectivity index (χ0) is 22.3. The summed E-state index contributed by atoms with van der Waals surface area (Å²) in [4.78, 5) is 25.7. The lowest BCUT2D eigenvalue weighted by molar-refractivity contribution is -0.117. The number of hydrogen-bond acceptors (Lipinski definition) is 4. The predicted octanol–water partition coefficient (Wildman–Crippen LogP) is 3.07. The third-order valence-electron chi connectivity index (χ3n) is 4.73. The van der Waals surface area contributed by atoms with Gasteiger partial charge in [0.15, 0.2) is 0 Å². The highest BCUT2D eigenvalue weighted by atomic mass is 32.2. The molecule has 0 unspecified atom stereocenters. The van der Waals surface area contributed by atoms with Crippen LogP contribution in [-0.4, -0.2) is 33.3 Å². The lowest BCUT2D eigenvalue weighted by Crippen LogP contribution is -2.25. The number of nitrogens with one attached hydrogen (secondary N) is 2. The van der Waals surface area contributed by atoms with E-state index >= 15 is 0 Å². The maximum absolute atomic E-state index is 12.2. The largest absolute Gasteiger partial charge is 0.323 e. The van der Waals surface area contributed by atoms with Crippen molar-refractivity contribution in [3.63, 3.8) is 0 Å². The van der Waals surface area contributed by atoms with Crippen molar-refractivity contribution < 1.29 is 18.0 Å². The number of carbonyl (C=O) groups excluding carboxylic acids is 2. The number of anilines is 2. The van der Waals surface area contributed by atoms with Gasteiger partial charge in [-0.1, -0.05) is 30.3 Å². The highest BCUT2D eigenvalue weighted by Crippen LogP contribution is 2.22. The third kappa shape index (κ3) is 6.63. The van der Waals surface area contributed by atoms with Crippen molar-refractivity contribution in [1.29, 1.82) is 0 Å². The average Bonchev–Trinajstić information content (AvgIpc) is 3.18. The fraction of sp³-hybridized carbons (Fsp3) is 0.217. The van der Waals surface area contributed by atoms with Crippen molar-refractivity contribution in [2.75, 3.05) is 23.3 Å². The van der Waals surface area contributed by atoms with Crippen LogP contribution in [0.5, 0.6) is 0 Å². The van der Waals surface area contributed by atoms with Crippen molar-refractivity contribution >= 4 is 39.3 Å². The molecule has 0 aromatic heterocycles. The van der Waals surface area contributed by atoms with Gasteiger partial charge in [-0.05, 0) is 47.9 Å². The molecule has 1 fully saturated rings. The molecule has 7 nitrogen and oxygen atoms in total. The first-order valence-electron chi connectivity index (χ1n) is 9.93. The molecule has 2 aromatic carbocycles. The van der Waals surface area contributed by atoms with Gasteiger partial charge in [0.05, 0.1) is 5.75 Å². The van der Waals surface area contributed by atoms with Gasteiger partial charge in [-0.15, -0.1) is 6.58 Å². The Balaban J connectivity index is 1.53. The number of sulfonamides is 1. The van der Waals surface area contributed by atoms with Crippen LogP contribution in [0.25, 0.3) is 6.08 Å². The van der Waals surface area contributed by atoms with Crippen LogP contribution >= 0.6 is 0 Å². The summed E-state index contributed by atoms with van der Waals surface area (Å²) >= 11 is 0. The van der Waals surface area contributed by atoms with Gasteiger partial charge in [-0.3, -0.25) is 9.59 Å². The summed E-state index contributed by atoms with van der Waals surface area (Å²) in [5.74, 6) is -0.306. The summed E-state index contributed by atoms with van der Waals surface area (Å²) in [7, 11) is -3.43. The SMILES string of the molecule is C=CCNS(=O)(=O)Cc1ccc(NC(=O)/C=C/c2ccc(N3CCCC3=O)cc2)cc1. The quantitative estimate of drug-likeness (QED) is 0.464. The molecular weight excluding hydrogens is 414 g/mol. The molecular formula is C23H25N3O4S. The van der Waals surface area contributed by atoms with E-state index in [0.717, 1.165) is 24.2 Å². The average molecular weight is 440 g/mol. The molecule has 0 bridgehead atoms. The van der Waals surface area contributed by atoms with E-state index in [-0.39, 0.29) is 24.1 Å². The normalized spacial score (nSPS) is 14.2. The molecule has 162 valence electrons. The molecule has 1 aliphatic heterocycles. The summed E-state index contributed by atoms with van der Waals surface area (Å²) in [5, 5.41) is 2.74. The molecule has 2 N–H and O–H groups in total. The number of benzene rings is 2. The second kappa shape index (κ2) is 10.2. The number of hydrogen-bond donors (Lipinski definition) is 2. The van der Waals surface area contributed by atoms with Gasteiger partial charge < -0.3 is 10.2 Å². The highest BCUT2D eigenvalue weighted by molar-refractivity contribution is 7.88. The van der Waals surface area contributed by atoms with E-state index in [4.69, 9.17) is 0 Å². The predicted molar refractivity (Wildman–Crippen MR) is 123 cm³/mol. The van der Waals surface area contributed by atoms with E-state index in [2.05, 4.69) is 16.6 Å². The number of carbonyl (C=O) groups is 2. The van der Waals surface area contributed by atoms with E-state index in [1.54, 1.807) is 35.2 Å². The molecule has 2 aromatic rings. The van der Waals surface area contributed by atoms with Crippen LogP contribution in [0.4, 0.5) is 11.4 Å². The smallest absolute Gasteiger partial charge is 0.248 e. The molecule has 31 heavy (non-hydrogen) atoms. The zero-order valence-electron chi connectivity index (χ0n) is 17.1. The maximum Gasteiger partial charge on any atom is 0.248 e. The molecule has 0 radical (unpaired) electrons. The minimum absolute atomic E-state index is 0.138. The Morgan fingerprint density at radius 3 is 2.42 bits per heavy atom. The first-order valence-corrected chi connectivity index (χ1v) is 11.6. The minimum atomic E-state index is -3.43. The van der Waals surface area contributed by atoms with Crippen LogP contribution in [0.2, 0.25) is 0 Å². The number of rotatable bonds is 9. The van der Waals surface area contributed by atoms with Gasteiger partial charge >= 0.3 is 0 Å². The number of amides is 2. The van der Waals surface area contributed by atoms with Gasteiger partial charge in [0.25, 0.3) is 0 Å². The van der Waals surface area contributed by atoms with Crippen LogP contribution in [0, 0.1) is 0 Å². The fourth-order valence-electron chi connectivity index (χ4n) is 3.18. The molecule has 1 heterocycles. The van der Waals surface area contributed by atoms with Gasteiger partial charge in [0.2, 0.25) is 21.8 Å². The molecule has 1 aliphatic rings. The summed E-state index contributed by atoms with van der Waals surface area (Å²) in [6.07, 6.45) is 6.06. The zero-order valence-corrected chi connectivity index (χ0v) is 17.9. The van der Waals surface area contributed by atoms with Crippen LogP contribution in [0.1, 0.15) is 24.0 Å². The van der Waals surface area contributed by atoms with E-state index < -0.39 is 10.0 Å². The summed E-state index contributed by atoms with van der Waals surface area (Å²) < 4.78 is 26.2. The van der Waals surface area contributed by atoms with Crippen molar-refractivity contribution in [2.45, 2.75) is 18.6 Å². The molecule has 1 saturated heterocycles. The van der Waals surface area contributed by atoms with Gasteiger partial charge in [-0.2, -0.15) is 0 Å². The first-order chi connectivity index (χ1) is 14.9. The Kier molecular flexibility index (Phi) is 7.38. The molecule has 2 amide bonds. The summed E-state index contributed by atoms with van der Waals surface area (Å²) in [6.45, 7) is 4.41. The molecule has 8 heteroatoms. The van der Waals surface area contributed by atoms with E-state index in [1.165, 1.54) is 12.2 Å². The fourth-order valence-corrected chi connectivity index (χ4v) is 4.29. The summed E-state index contributed by atoms with van der Waals surface area (Å²) in [5.41, 5.74) is 2.89. The Hall–Kier alpha value is -3.23. The van der Waals surface area contributed by atoms with Crippen LogP contribution in [0.3, 0.4) is 0 Å². The van der Waals surface area contributed by atoms with Crippen molar-refractivity contribution in [3.8, 4) is 0 Å². The van der Waals surface area contributed by atoms with Crippen LogP contribution in [-0.2, 0) is 25.4 Å². The monoisotopic (exact) mass is 439 g/mol.